The number of alkyl halides is 3. The molecule has 12 heteroatoms. The molecule has 0 saturated carbocycles. The number of hydrogen-bond acceptors (Lipinski definition) is 6. The average Bonchev–Trinajstić information content (AvgIpc) is 2.86. The summed E-state index contributed by atoms with van der Waals surface area (Å²) in [7, 11) is 0. The number of anilines is 1. The normalized spacial score (nSPS) is 11.3. The molecule has 2 aromatic rings. The molecule has 1 aromatic heterocycles. The van der Waals surface area contributed by atoms with Crippen LogP contribution >= 0.6 is 22.9 Å². The van der Waals surface area contributed by atoms with E-state index < -0.39 is 32.8 Å². The fourth-order valence-electron chi connectivity index (χ4n) is 1.40. The number of hydrogen-bond donors (Lipinski definition) is 1. The highest BCUT2D eigenvalue weighted by Gasteiger charge is 2.36. The van der Waals surface area contributed by atoms with Crippen LogP contribution in [0.3, 0.4) is 0 Å². The first-order valence-electron chi connectivity index (χ1n) is 5.34. The third kappa shape index (κ3) is 3.49. The molecule has 0 unspecified atom stereocenters. The minimum absolute atomic E-state index is 0.0403. The van der Waals surface area contributed by atoms with Crippen LogP contribution in [-0.2, 0) is 6.18 Å². The van der Waals surface area contributed by atoms with E-state index in [0.29, 0.717) is 0 Å². The molecule has 116 valence electrons. The minimum atomic E-state index is -4.69. The molecule has 0 atom stereocenters. The number of nitrogens with zero attached hydrogens (tertiary/aromatic N) is 3. The summed E-state index contributed by atoms with van der Waals surface area (Å²) in [5.74, 6) is -0.992. The number of benzene rings is 1. The fraction of sp³-hybridized carbons (Fsp3) is 0.100. The van der Waals surface area contributed by atoms with Gasteiger partial charge in [0.2, 0.25) is 10.1 Å². The van der Waals surface area contributed by atoms with Crippen molar-refractivity contribution < 1.29 is 22.9 Å². The molecule has 1 aromatic carbocycles. The first-order chi connectivity index (χ1) is 10.2. The summed E-state index contributed by atoms with van der Waals surface area (Å²) < 4.78 is 37.1. The molecule has 0 bridgehead atoms. The molecule has 0 aliphatic heterocycles. The van der Waals surface area contributed by atoms with E-state index >= 15 is 0 Å². The number of aromatic nitrogens is 2. The highest BCUT2D eigenvalue weighted by Crippen LogP contribution is 2.33. The van der Waals surface area contributed by atoms with Gasteiger partial charge in [0, 0.05) is 11.1 Å². The molecule has 0 spiro atoms. The number of carbonyl (C=O) groups is 1. The molecule has 2 rings (SSSR count). The molecule has 0 saturated heterocycles. The first-order valence-corrected chi connectivity index (χ1v) is 6.54. The van der Waals surface area contributed by atoms with Crippen molar-refractivity contribution in [2.45, 2.75) is 6.18 Å². The van der Waals surface area contributed by atoms with Crippen LogP contribution in [-0.4, -0.2) is 21.0 Å². The standard InChI is InChI=1S/C10H4ClF3N4O3S/c11-4-1-2-5(6(3-4)18(20)21)7(19)15-9-17-16-8(22-9)10(12,13)14/h1-3H,(H,15,17,19). The number of carbonyl (C=O) groups excluding carboxylic acids is 1. The van der Waals surface area contributed by atoms with Gasteiger partial charge >= 0.3 is 6.18 Å². The zero-order chi connectivity index (χ0) is 16.5. The first kappa shape index (κ1) is 16.1. The van der Waals surface area contributed by atoms with Gasteiger partial charge in [0.1, 0.15) is 5.56 Å². The van der Waals surface area contributed by atoms with E-state index in [-0.39, 0.29) is 21.9 Å². The Labute approximate surface area is 128 Å². The summed E-state index contributed by atoms with van der Waals surface area (Å²) in [5, 5.41) is 17.3. The summed E-state index contributed by atoms with van der Waals surface area (Å²) >= 11 is 5.70. The topological polar surface area (TPSA) is 98.0 Å². The quantitative estimate of drug-likeness (QED) is 0.674. The predicted octanol–water partition coefficient (Wildman–Crippen LogP) is 3.37. The third-order valence-corrected chi connectivity index (χ3v) is 3.41. The molecule has 0 aliphatic carbocycles. The number of nitro groups is 1. The summed E-state index contributed by atoms with van der Waals surface area (Å²) in [6, 6.07) is 3.28. The van der Waals surface area contributed by atoms with Crippen LogP contribution in [0, 0.1) is 10.1 Å². The van der Waals surface area contributed by atoms with E-state index in [1.54, 1.807) is 0 Å². The second-order valence-corrected chi connectivity index (χ2v) is 5.20. The number of nitro benzene ring substituents is 1. The SMILES string of the molecule is O=C(Nc1nnc(C(F)(F)F)s1)c1ccc(Cl)cc1[N+](=O)[O-]. The van der Waals surface area contributed by atoms with Gasteiger partial charge in [-0.25, -0.2) is 0 Å². The molecular weight excluding hydrogens is 349 g/mol. The average molecular weight is 353 g/mol. The smallest absolute Gasteiger partial charge is 0.296 e. The maximum Gasteiger partial charge on any atom is 0.445 e. The molecule has 1 N–H and O–H groups in total. The molecule has 22 heavy (non-hydrogen) atoms. The van der Waals surface area contributed by atoms with Crippen molar-refractivity contribution in [3.05, 3.63) is 43.9 Å². The van der Waals surface area contributed by atoms with Crippen molar-refractivity contribution in [1.82, 2.24) is 10.2 Å². The summed E-state index contributed by atoms with van der Waals surface area (Å²) in [5.41, 5.74) is -0.941. The van der Waals surface area contributed by atoms with Gasteiger partial charge in [0.05, 0.1) is 4.92 Å². The van der Waals surface area contributed by atoms with Gasteiger partial charge in [0.25, 0.3) is 11.6 Å². The minimum Gasteiger partial charge on any atom is -0.296 e. The second-order valence-electron chi connectivity index (χ2n) is 3.78. The van der Waals surface area contributed by atoms with Gasteiger partial charge in [-0.2, -0.15) is 13.2 Å². The summed E-state index contributed by atoms with van der Waals surface area (Å²) in [4.78, 5) is 21.9. The molecular formula is C10H4ClF3N4O3S. The molecule has 0 fully saturated rings. The largest absolute Gasteiger partial charge is 0.445 e. The maximum absolute atomic E-state index is 12.4. The summed E-state index contributed by atoms with van der Waals surface area (Å²) in [6.45, 7) is 0. The van der Waals surface area contributed by atoms with Crippen molar-refractivity contribution in [3.63, 3.8) is 0 Å². The van der Waals surface area contributed by atoms with Crippen LogP contribution in [0.25, 0.3) is 0 Å². The lowest BCUT2D eigenvalue weighted by molar-refractivity contribution is -0.385. The summed E-state index contributed by atoms with van der Waals surface area (Å²) in [6.07, 6.45) is -4.69. The Hall–Kier alpha value is -2.27. The monoisotopic (exact) mass is 352 g/mol. The fourth-order valence-corrected chi connectivity index (χ4v) is 2.17. The van der Waals surface area contributed by atoms with Crippen molar-refractivity contribution in [2.75, 3.05) is 5.32 Å². The van der Waals surface area contributed by atoms with Crippen LogP contribution < -0.4 is 5.32 Å². The van der Waals surface area contributed by atoms with Gasteiger partial charge in [0.15, 0.2) is 0 Å². The molecule has 7 nitrogen and oxygen atoms in total. The van der Waals surface area contributed by atoms with Crippen LogP contribution in [0.2, 0.25) is 5.02 Å². The number of nitrogens with one attached hydrogen (secondary N) is 1. The Morgan fingerprint density at radius 3 is 2.59 bits per heavy atom. The van der Waals surface area contributed by atoms with Crippen molar-refractivity contribution in [3.8, 4) is 0 Å². The Kier molecular flexibility index (Phi) is 4.28. The highest BCUT2D eigenvalue weighted by atomic mass is 35.5. The van der Waals surface area contributed by atoms with Crippen molar-refractivity contribution in [1.29, 1.82) is 0 Å². The zero-order valence-electron chi connectivity index (χ0n) is 10.2. The van der Waals surface area contributed by atoms with Gasteiger partial charge in [-0.1, -0.05) is 22.9 Å². The van der Waals surface area contributed by atoms with E-state index in [1.807, 2.05) is 5.32 Å². The van der Waals surface area contributed by atoms with Gasteiger partial charge in [-0.15, -0.1) is 10.2 Å². The Morgan fingerprint density at radius 2 is 2.05 bits per heavy atom. The highest BCUT2D eigenvalue weighted by molar-refractivity contribution is 7.15. The number of rotatable bonds is 3. The van der Waals surface area contributed by atoms with Crippen molar-refractivity contribution >= 4 is 39.7 Å². The van der Waals surface area contributed by atoms with Gasteiger partial charge in [-0.05, 0) is 12.1 Å². The Morgan fingerprint density at radius 1 is 1.36 bits per heavy atom. The van der Waals surface area contributed by atoms with E-state index in [0.717, 1.165) is 12.1 Å². The van der Waals surface area contributed by atoms with E-state index in [2.05, 4.69) is 10.2 Å². The lowest BCUT2D eigenvalue weighted by Gasteiger charge is -2.03. The van der Waals surface area contributed by atoms with Crippen LogP contribution in [0.5, 0.6) is 0 Å². The van der Waals surface area contributed by atoms with Gasteiger partial charge in [-0.3, -0.25) is 20.2 Å². The molecule has 0 radical (unpaired) electrons. The van der Waals surface area contributed by atoms with Gasteiger partial charge < -0.3 is 0 Å². The Bertz CT molecular complexity index is 749. The predicted molar refractivity (Wildman–Crippen MR) is 71.0 cm³/mol. The maximum atomic E-state index is 12.4. The zero-order valence-corrected chi connectivity index (χ0v) is 11.8. The van der Waals surface area contributed by atoms with Crippen molar-refractivity contribution in [2.24, 2.45) is 0 Å². The van der Waals surface area contributed by atoms with Crippen LogP contribution in [0.1, 0.15) is 15.4 Å². The Balaban J connectivity index is 2.26. The third-order valence-electron chi connectivity index (χ3n) is 2.29. The van der Waals surface area contributed by atoms with E-state index in [4.69, 9.17) is 11.6 Å². The van der Waals surface area contributed by atoms with E-state index in [9.17, 15) is 28.1 Å². The molecule has 1 heterocycles. The second kappa shape index (κ2) is 5.85. The lowest BCUT2D eigenvalue weighted by Crippen LogP contribution is -2.13. The lowest BCUT2D eigenvalue weighted by atomic mass is 10.1. The van der Waals surface area contributed by atoms with E-state index in [1.165, 1.54) is 6.07 Å². The molecule has 0 aliphatic rings. The number of halogens is 4. The number of amides is 1. The van der Waals surface area contributed by atoms with Crippen LogP contribution in [0.15, 0.2) is 18.2 Å². The molecule has 1 amide bonds. The van der Waals surface area contributed by atoms with Crippen LogP contribution in [0.4, 0.5) is 24.0 Å².